The molecule has 0 aliphatic carbocycles. The van der Waals surface area contributed by atoms with E-state index in [1.54, 1.807) is 11.8 Å². The molecule has 1 aromatic heterocycles. The molecule has 0 amide bonds. The van der Waals surface area contributed by atoms with Gasteiger partial charge in [0.05, 0.1) is 12.8 Å². The molecule has 3 aromatic carbocycles. The van der Waals surface area contributed by atoms with E-state index in [0.717, 1.165) is 16.8 Å². The molecule has 0 saturated heterocycles. The lowest BCUT2D eigenvalue weighted by molar-refractivity contribution is 0.284. The van der Waals surface area contributed by atoms with Crippen molar-refractivity contribution >= 4 is 11.6 Å². The fourth-order valence-electron chi connectivity index (χ4n) is 2.87. The first-order valence-corrected chi connectivity index (χ1v) is 9.13. The highest BCUT2D eigenvalue weighted by Gasteiger charge is 2.13. The van der Waals surface area contributed by atoms with Gasteiger partial charge in [-0.2, -0.15) is 5.10 Å². The van der Waals surface area contributed by atoms with Crippen molar-refractivity contribution in [3.8, 4) is 28.6 Å². The van der Waals surface area contributed by atoms with Gasteiger partial charge in [-0.15, -0.1) is 0 Å². The molecule has 5 nitrogen and oxygen atoms in total. The van der Waals surface area contributed by atoms with Gasteiger partial charge < -0.3 is 9.47 Å². The summed E-state index contributed by atoms with van der Waals surface area (Å²) in [6.07, 6.45) is 1.52. The first-order chi connectivity index (χ1) is 13.7. The molecule has 0 radical (unpaired) electrons. The lowest BCUT2D eigenvalue weighted by Gasteiger charge is -2.13. The Bertz CT molecular complexity index is 1060. The Morgan fingerprint density at radius 1 is 0.929 bits per heavy atom. The maximum Gasteiger partial charge on any atom is 0.163 e. The molecule has 140 valence electrons. The fraction of sp³-hybridized carbons (Fsp3) is 0.0909. The Labute approximate surface area is 168 Å². The Morgan fingerprint density at radius 3 is 2.46 bits per heavy atom. The summed E-state index contributed by atoms with van der Waals surface area (Å²) in [6, 6.07) is 23.2. The Morgan fingerprint density at radius 2 is 1.71 bits per heavy atom. The van der Waals surface area contributed by atoms with Crippen LogP contribution in [0.2, 0.25) is 5.02 Å². The van der Waals surface area contributed by atoms with Crippen LogP contribution in [0.3, 0.4) is 0 Å². The van der Waals surface area contributed by atoms with Crippen LogP contribution in [0.5, 0.6) is 11.5 Å². The molecule has 4 aromatic rings. The minimum atomic E-state index is 0.470. The highest BCUT2D eigenvalue weighted by molar-refractivity contribution is 6.30. The summed E-state index contributed by atoms with van der Waals surface area (Å²) < 4.78 is 13.2. The van der Waals surface area contributed by atoms with E-state index in [1.807, 2.05) is 72.8 Å². The molecule has 0 bridgehead atoms. The second-order valence-electron chi connectivity index (χ2n) is 6.11. The Balaban J connectivity index is 1.61. The first-order valence-electron chi connectivity index (χ1n) is 8.76. The van der Waals surface area contributed by atoms with E-state index in [4.69, 9.17) is 21.1 Å². The number of ether oxygens (including phenoxy) is 2. The van der Waals surface area contributed by atoms with Gasteiger partial charge in [-0.3, -0.25) is 0 Å². The Hall–Kier alpha value is -3.31. The van der Waals surface area contributed by atoms with Crippen molar-refractivity contribution in [2.75, 3.05) is 7.11 Å². The predicted molar refractivity (Wildman–Crippen MR) is 109 cm³/mol. The highest BCUT2D eigenvalue weighted by Crippen LogP contribution is 2.33. The van der Waals surface area contributed by atoms with Crippen LogP contribution in [0.1, 0.15) is 5.56 Å². The zero-order chi connectivity index (χ0) is 19.3. The fourth-order valence-corrected chi connectivity index (χ4v) is 3.00. The molecule has 0 aliphatic heterocycles. The summed E-state index contributed by atoms with van der Waals surface area (Å²) in [6.45, 7) is 0.470. The van der Waals surface area contributed by atoms with Crippen LogP contribution in [0.25, 0.3) is 17.1 Å². The van der Waals surface area contributed by atoms with Gasteiger partial charge in [0.1, 0.15) is 12.9 Å². The minimum Gasteiger partial charge on any atom is -0.493 e. The highest BCUT2D eigenvalue weighted by atomic mass is 35.5. The van der Waals surface area contributed by atoms with Crippen LogP contribution in [0.15, 0.2) is 79.1 Å². The van der Waals surface area contributed by atoms with Crippen molar-refractivity contribution in [3.63, 3.8) is 0 Å². The number of hydrogen-bond acceptors (Lipinski definition) is 4. The summed E-state index contributed by atoms with van der Waals surface area (Å²) in [5, 5.41) is 5.01. The standard InChI is InChI=1S/C22H18ClN3O2/c1-27-21-13-17(7-12-20(21)28-14-16-5-3-2-4-6-16)22-24-15-25-26(22)19-10-8-18(23)9-11-19/h2-13,15H,14H2,1H3. The zero-order valence-corrected chi connectivity index (χ0v) is 16.0. The third-order valence-corrected chi connectivity index (χ3v) is 4.53. The maximum atomic E-state index is 5.99. The van der Waals surface area contributed by atoms with E-state index in [1.165, 1.54) is 6.33 Å². The topological polar surface area (TPSA) is 49.2 Å². The van der Waals surface area contributed by atoms with Crippen LogP contribution in [-0.2, 0) is 6.61 Å². The SMILES string of the molecule is COc1cc(-c2ncnn2-c2ccc(Cl)cc2)ccc1OCc1ccccc1. The maximum absolute atomic E-state index is 5.99. The summed E-state index contributed by atoms with van der Waals surface area (Å²) in [5.41, 5.74) is 2.84. The number of rotatable bonds is 6. The van der Waals surface area contributed by atoms with Gasteiger partial charge in [0.25, 0.3) is 0 Å². The molecule has 4 rings (SSSR count). The predicted octanol–water partition coefficient (Wildman–Crippen LogP) is 5.18. The molecule has 28 heavy (non-hydrogen) atoms. The van der Waals surface area contributed by atoms with Crippen LogP contribution in [0.4, 0.5) is 0 Å². The molecule has 0 N–H and O–H groups in total. The number of aromatic nitrogens is 3. The van der Waals surface area contributed by atoms with E-state index in [2.05, 4.69) is 10.1 Å². The molecule has 0 atom stereocenters. The van der Waals surface area contributed by atoms with Crippen LogP contribution in [-0.4, -0.2) is 21.9 Å². The lowest BCUT2D eigenvalue weighted by Crippen LogP contribution is -2.01. The Kier molecular flexibility index (Phi) is 5.26. The normalized spacial score (nSPS) is 10.6. The van der Waals surface area contributed by atoms with E-state index in [-0.39, 0.29) is 0 Å². The van der Waals surface area contributed by atoms with Gasteiger partial charge in [0, 0.05) is 10.6 Å². The van der Waals surface area contributed by atoms with Crippen molar-refractivity contribution < 1.29 is 9.47 Å². The number of benzene rings is 3. The van der Waals surface area contributed by atoms with Gasteiger partial charge in [0.15, 0.2) is 17.3 Å². The van der Waals surface area contributed by atoms with Crippen LogP contribution in [0, 0.1) is 0 Å². The molecule has 0 spiro atoms. The summed E-state index contributed by atoms with van der Waals surface area (Å²) in [7, 11) is 1.62. The monoisotopic (exact) mass is 391 g/mol. The largest absolute Gasteiger partial charge is 0.493 e. The summed E-state index contributed by atoms with van der Waals surface area (Å²) >= 11 is 5.99. The zero-order valence-electron chi connectivity index (χ0n) is 15.2. The third kappa shape index (κ3) is 3.85. The average Bonchev–Trinajstić information content (AvgIpc) is 3.23. The second-order valence-corrected chi connectivity index (χ2v) is 6.55. The molecule has 1 heterocycles. The summed E-state index contributed by atoms with van der Waals surface area (Å²) in [4.78, 5) is 4.41. The van der Waals surface area contributed by atoms with Gasteiger partial charge in [0.2, 0.25) is 0 Å². The first kappa shape index (κ1) is 18.1. The molecule has 6 heteroatoms. The average molecular weight is 392 g/mol. The van der Waals surface area contributed by atoms with E-state index < -0.39 is 0 Å². The third-order valence-electron chi connectivity index (χ3n) is 4.28. The molecular weight excluding hydrogens is 374 g/mol. The van der Waals surface area contributed by atoms with E-state index >= 15 is 0 Å². The second kappa shape index (κ2) is 8.15. The number of hydrogen-bond donors (Lipinski definition) is 0. The van der Waals surface area contributed by atoms with Crippen molar-refractivity contribution in [3.05, 3.63) is 89.7 Å². The molecular formula is C22H18ClN3O2. The number of nitrogens with zero attached hydrogens (tertiary/aromatic N) is 3. The molecule has 0 fully saturated rings. The van der Waals surface area contributed by atoms with E-state index in [0.29, 0.717) is 29.0 Å². The van der Waals surface area contributed by atoms with Crippen molar-refractivity contribution in [1.29, 1.82) is 0 Å². The number of methoxy groups -OCH3 is 1. The van der Waals surface area contributed by atoms with Gasteiger partial charge in [-0.1, -0.05) is 41.9 Å². The lowest BCUT2D eigenvalue weighted by atomic mass is 10.1. The molecule has 0 saturated carbocycles. The number of halogens is 1. The quantitative estimate of drug-likeness (QED) is 0.454. The molecule has 0 unspecified atom stereocenters. The van der Waals surface area contributed by atoms with Gasteiger partial charge >= 0.3 is 0 Å². The minimum absolute atomic E-state index is 0.470. The van der Waals surface area contributed by atoms with Crippen LogP contribution >= 0.6 is 11.6 Å². The summed E-state index contributed by atoms with van der Waals surface area (Å²) in [5.74, 6) is 2.02. The van der Waals surface area contributed by atoms with E-state index in [9.17, 15) is 0 Å². The smallest absolute Gasteiger partial charge is 0.163 e. The van der Waals surface area contributed by atoms with Crippen LogP contribution < -0.4 is 9.47 Å². The van der Waals surface area contributed by atoms with Crippen molar-refractivity contribution in [2.45, 2.75) is 6.61 Å². The molecule has 0 aliphatic rings. The van der Waals surface area contributed by atoms with Crippen molar-refractivity contribution in [2.24, 2.45) is 0 Å². The van der Waals surface area contributed by atoms with Gasteiger partial charge in [-0.05, 0) is 48.0 Å². The van der Waals surface area contributed by atoms with Gasteiger partial charge in [-0.25, -0.2) is 9.67 Å². The van der Waals surface area contributed by atoms with Crippen molar-refractivity contribution in [1.82, 2.24) is 14.8 Å².